The highest BCUT2D eigenvalue weighted by atomic mass is 32.2. The largest absolute Gasteiger partial charge is 0.481 e. The fourth-order valence-corrected chi connectivity index (χ4v) is 3.65. The SMILES string of the molecule is O=C1Nc2ccccc2SC1C(C(=O)O)c1ccccc1. The lowest BCUT2D eigenvalue weighted by molar-refractivity contribution is -0.140. The van der Waals surface area contributed by atoms with Gasteiger partial charge in [-0.3, -0.25) is 9.59 Å². The van der Waals surface area contributed by atoms with E-state index in [1.54, 1.807) is 24.3 Å². The van der Waals surface area contributed by atoms with Gasteiger partial charge in [0.15, 0.2) is 0 Å². The molecule has 2 atom stereocenters. The molecule has 2 aromatic carbocycles. The first kappa shape index (κ1) is 13.7. The molecular formula is C16H13NO3S. The number of hydrogen-bond acceptors (Lipinski definition) is 3. The highest BCUT2D eigenvalue weighted by molar-refractivity contribution is 8.01. The van der Waals surface area contributed by atoms with Gasteiger partial charge in [-0.1, -0.05) is 42.5 Å². The lowest BCUT2D eigenvalue weighted by atomic mass is 9.95. The Labute approximate surface area is 126 Å². The standard InChI is InChI=1S/C16H13NO3S/c18-15-14(21-12-9-5-4-8-11(12)17-15)13(16(19)20)10-6-2-1-3-7-10/h1-9,13-14H,(H,17,18)(H,19,20). The van der Waals surface area contributed by atoms with Crippen LogP contribution in [-0.4, -0.2) is 22.2 Å². The van der Waals surface area contributed by atoms with Crippen LogP contribution in [0.1, 0.15) is 11.5 Å². The van der Waals surface area contributed by atoms with Crippen molar-refractivity contribution < 1.29 is 14.7 Å². The summed E-state index contributed by atoms with van der Waals surface area (Å²) in [6.45, 7) is 0. The molecule has 0 bridgehead atoms. The van der Waals surface area contributed by atoms with E-state index in [0.29, 0.717) is 5.56 Å². The molecule has 0 saturated heterocycles. The summed E-state index contributed by atoms with van der Waals surface area (Å²) in [6, 6.07) is 16.3. The molecule has 0 fully saturated rings. The number of carbonyl (C=O) groups excluding carboxylic acids is 1. The van der Waals surface area contributed by atoms with Crippen molar-refractivity contribution in [2.24, 2.45) is 0 Å². The van der Waals surface area contributed by atoms with E-state index in [1.807, 2.05) is 30.3 Å². The fourth-order valence-electron chi connectivity index (χ4n) is 2.39. The number of amides is 1. The van der Waals surface area contributed by atoms with Crippen LogP contribution in [-0.2, 0) is 9.59 Å². The number of thioether (sulfide) groups is 1. The minimum Gasteiger partial charge on any atom is -0.481 e. The van der Waals surface area contributed by atoms with Crippen molar-refractivity contribution >= 4 is 29.3 Å². The van der Waals surface area contributed by atoms with E-state index in [1.165, 1.54) is 11.8 Å². The Morgan fingerprint density at radius 2 is 1.76 bits per heavy atom. The predicted octanol–water partition coefficient (Wildman–Crippen LogP) is 2.97. The summed E-state index contributed by atoms with van der Waals surface area (Å²) in [5, 5.41) is 11.7. The van der Waals surface area contributed by atoms with Crippen LogP contribution < -0.4 is 5.32 Å². The molecule has 106 valence electrons. The number of benzene rings is 2. The van der Waals surface area contributed by atoms with E-state index in [-0.39, 0.29) is 5.91 Å². The van der Waals surface area contributed by atoms with E-state index in [2.05, 4.69) is 5.32 Å². The number of carboxylic acid groups (broad SMARTS) is 1. The maximum atomic E-state index is 12.3. The van der Waals surface area contributed by atoms with Crippen molar-refractivity contribution in [1.29, 1.82) is 0 Å². The Kier molecular flexibility index (Phi) is 3.66. The number of hydrogen-bond donors (Lipinski definition) is 2. The number of rotatable bonds is 3. The average Bonchev–Trinajstić information content (AvgIpc) is 2.49. The molecule has 0 aromatic heterocycles. The molecule has 1 aliphatic rings. The van der Waals surface area contributed by atoms with Gasteiger partial charge in [-0.05, 0) is 17.7 Å². The molecule has 21 heavy (non-hydrogen) atoms. The van der Waals surface area contributed by atoms with Crippen molar-refractivity contribution in [1.82, 2.24) is 0 Å². The molecule has 3 rings (SSSR count). The molecule has 0 aliphatic carbocycles. The molecule has 2 aromatic rings. The number of nitrogens with one attached hydrogen (secondary N) is 1. The second-order valence-corrected chi connectivity index (χ2v) is 5.93. The monoisotopic (exact) mass is 299 g/mol. The predicted molar refractivity (Wildman–Crippen MR) is 81.5 cm³/mol. The van der Waals surface area contributed by atoms with Gasteiger partial charge in [0.05, 0.1) is 5.69 Å². The third-order valence-electron chi connectivity index (χ3n) is 3.38. The maximum absolute atomic E-state index is 12.3. The van der Waals surface area contributed by atoms with E-state index < -0.39 is 17.1 Å². The van der Waals surface area contributed by atoms with Crippen LogP contribution in [0.25, 0.3) is 0 Å². The van der Waals surface area contributed by atoms with Crippen LogP contribution in [0.15, 0.2) is 59.5 Å². The van der Waals surface area contributed by atoms with Crippen LogP contribution in [0, 0.1) is 0 Å². The lowest BCUT2D eigenvalue weighted by Gasteiger charge is -2.28. The smallest absolute Gasteiger partial charge is 0.312 e. The van der Waals surface area contributed by atoms with Crippen molar-refractivity contribution in [2.75, 3.05) is 5.32 Å². The average molecular weight is 299 g/mol. The fraction of sp³-hybridized carbons (Fsp3) is 0.125. The van der Waals surface area contributed by atoms with Crippen molar-refractivity contribution in [3.8, 4) is 0 Å². The number of fused-ring (bicyclic) bond motifs is 1. The molecular weight excluding hydrogens is 286 g/mol. The zero-order chi connectivity index (χ0) is 14.8. The summed E-state index contributed by atoms with van der Waals surface area (Å²) in [6.07, 6.45) is 0. The Hall–Kier alpha value is -2.27. The first-order chi connectivity index (χ1) is 10.2. The van der Waals surface area contributed by atoms with Crippen molar-refractivity contribution in [2.45, 2.75) is 16.1 Å². The summed E-state index contributed by atoms with van der Waals surface area (Å²) < 4.78 is 0. The first-order valence-electron chi connectivity index (χ1n) is 6.51. The van der Waals surface area contributed by atoms with Crippen molar-refractivity contribution in [3.63, 3.8) is 0 Å². The summed E-state index contributed by atoms with van der Waals surface area (Å²) in [4.78, 5) is 24.8. The molecule has 2 N–H and O–H groups in total. The summed E-state index contributed by atoms with van der Waals surface area (Å²) in [7, 11) is 0. The summed E-state index contributed by atoms with van der Waals surface area (Å²) in [5.74, 6) is -2.13. The molecule has 5 heteroatoms. The topological polar surface area (TPSA) is 66.4 Å². The van der Waals surface area contributed by atoms with Gasteiger partial charge in [0.2, 0.25) is 5.91 Å². The normalized spacial score (nSPS) is 18.5. The van der Waals surface area contributed by atoms with Gasteiger partial charge in [0.1, 0.15) is 11.2 Å². The minimum absolute atomic E-state index is 0.269. The van der Waals surface area contributed by atoms with Crippen LogP contribution >= 0.6 is 11.8 Å². The Bertz CT molecular complexity index is 687. The molecule has 4 nitrogen and oxygen atoms in total. The van der Waals surface area contributed by atoms with Crippen LogP contribution in [0.5, 0.6) is 0 Å². The highest BCUT2D eigenvalue weighted by Crippen LogP contribution is 2.41. The number of anilines is 1. The van der Waals surface area contributed by atoms with E-state index in [9.17, 15) is 14.7 Å². The number of carbonyl (C=O) groups is 2. The van der Waals surface area contributed by atoms with Crippen LogP contribution in [0.3, 0.4) is 0 Å². The van der Waals surface area contributed by atoms with Gasteiger partial charge in [-0.2, -0.15) is 0 Å². The number of carboxylic acids is 1. The molecule has 1 aliphatic heterocycles. The van der Waals surface area contributed by atoms with Gasteiger partial charge in [0.25, 0.3) is 0 Å². The maximum Gasteiger partial charge on any atom is 0.312 e. The number of aliphatic carboxylic acids is 1. The van der Waals surface area contributed by atoms with Crippen LogP contribution in [0.2, 0.25) is 0 Å². The van der Waals surface area contributed by atoms with Gasteiger partial charge >= 0.3 is 5.97 Å². The number of para-hydroxylation sites is 1. The molecule has 0 saturated carbocycles. The molecule has 2 unspecified atom stereocenters. The second kappa shape index (κ2) is 5.61. The highest BCUT2D eigenvalue weighted by Gasteiger charge is 2.38. The Balaban J connectivity index is 1.98. The Morgan fingerprint density at radius 1 is 1.10 bits per heavy atom. The lowest BCUT2D eigenvalue weighted by Crippen LogP contribution is -2.37. The molecule has 0 spiro atoms. The second-order valence-electron chi connectivity index (χ2n) is 4.75. The van der Waals surface area contributed by atoms with Crippen LogP contribution in [0.4, 0.5) is 5.69 Å². The van der Waals surface area contributed by atoms with Gasteiger partial charge in [0, 0.05) is 4.90 Å². The molecule has 1 heterocycles. The van der Waals surface area contributed by atoms with Gasteiger partial charge in [-0.15, -0.1) is 11.8 Å². The summed E-state index contributed by atoms with van der Waals surface area (Å²) >= 11 is 1.30. The quantitative estimate of drug-likeness (QED) is 0.914. The van der Waals surface area contributed by atoms with E-state index in [4.69, 9.17) is 0 Å². The molecule has 1 amide bonds. The van der Waals surface area contributed by atoms with Gasteiger partial charge in [-0.25, -0.2) is 0 Å². The summed E-state index contributed by atoms with van der Waals surface area (Å²) in [5.41, 5.74) is 1.37. The van der Waals surface area contributed by atoms with E-state index in [0.717, 1.165) is 10.6 Å². The first-order valence-corrected chi connectivity index (χ1v) is 7.39. The van der Waals surface area contributed by atoms with Gasteiger partial charge < -0.3 is 10.4 Å². The Morgan fingerprint density at radius 3 is 2.48 bits per heavy atom. The van der Waals surface area contributed by atoms with E-state index >= 15 is 0 Å². The molecule has 0 radical (unpaired) electrons. The minimum atomic E-state index is -0.992. The zero-order valence-corrected chi connectivity index (χ0v) is 11.8. The zero-order valence-electron chi connectivity index (χ0n) is 11.0. The third-order valence-corrected chi connectivity index (χ3v) is 4.73. The third kappa shape index (κ3) is 2.64. The van der Waals surface area contributed by atoms with Crippen molar-refractivity contribution in [3.05, 3.63) is 60.2 Å².